The number of rotatable bonds is 2. The van der Waals surface area contributed by atoms with Crippen molar-refractivity contribution in [3.05, 3.63) is 29.8 Å². The molecule has 0 amide bonds. The maximum atomic E-state index is 12.8. The first-order chi connectivity index (χ1) is 9.55. The van der Waals surface area contributed by atoms with Gasteiger partial charge in [-0.25, -0.2) is 8.42 Å². The van der Waals surface area contributed by atoms with Crippen LogP contribution in [0.4, 0.5) is 0 Å². The third-order valence-electron chi connectivity index (χ3n) is 5.04. The Morgan fingerprint density at radius 2 is 1.95 bits per heavy atom. The molecule has 4 unspecified atom stereocenters. The summed E-state index contributed by atoms with van der Waals surface area (Å²) in [6.07, 6.45) is 3.20. The molecule has 108 valence electrons. The molecule has 0 radical (unpaired) electrons. The molecule has 4 nitrogen and oxygen atoms in total. The molecule has 1 aromatic rings. The highest BCUT2D eigenvalue weighted by molar-refractivity contribution is 7.89. The van der Waals surface area contributed by atoms with Gasteiger partial charge in [0.2, 0.25) is 10.0 Å². The van der Waals surface area contributed by atoms with Crippen LogP contribution in [0.25, 0.3) is 0 Å². The molecule has 3 fully saturated rings. The summed E-state index contributed by atoms with van der Waals surface area (Å²) in [7, 11) is -3.43. The van der Waals surface area contributed by atoms with Crippen LogP contribution in [-0.2, 0) is 14.8 Å². The highest BCUT2D eigenvalue weighted by Crippen LogP contribution is 2.50. The molecular formula is C15H19NO3S. The Morgan fingerprint density at radius 1 is 1.20 bits per heavy atom. The van der Waals surface area contributed by atoms with Crippen LogP contribution in [0.2, 0.25) is 0 Å². The smallest absolute Gasteiger partial charge is 0.245 e. The summed E-state index contributed by atoms with van der Waals surface area (Å²) in [5, 5.41) is 0. The molecular weight excluding hydrogens is 274 g/mol. The van der Waals surface area contributed by atoms with Gasteiger partial charge in [0.1, 0.15) is 6.23 Å². The Bertz CT molecular complexity index is 625. The van der Waals surface area contributed by atoms with Crippen LogP contribution < -0.4 is 0 Å². The molecule has 2 heterocycles. The van der Waals surface area contributed by atoms with Crippen LogP contribution in [0.3, 0.4) is 0 Å². The van der Waals surface area contributed by atoms with Crippen molar-refractivity contribution in [2.45, 2.75) is 43.4 Å². The monoisotopic (exact) mass is 293 g/mol. The van der Waals surface area contributed by atoms with Crippen molar-refractivity contribution in [3.63, 3.8) is 0 Å². The van der Waals surface area contributed by atoms with E-state index in [2.05, 4.69) is 0 Å². The van der Waals surface area contributed by atoms with E-state index in [1.165, 1.54) is 0 Å². The van der Waals surface area contributed by atoms with Crippen LogP contribution in [-0.4, -0.2) is 31.6 Å². The van der Waals surface area contributed by atoms with Gasteiger partial charge < -0.3 is 4.74 Å². The van der Waals surface area contributed by atoms with Crippen molar-refractivity contribution >= 4 is 10.0 Å². The number of fused-ring (bicyclic) bond motifs is 1. The largest absolute Gasteiger partial charge is 0.359 e. The van der Waals surface area contributed by atoms with Crippen molar-refractivity contribution in [1.29, 1.82) is 0 Å². The van der Waals surface area contributed by atoms with Crippen molar-refractivity contribution < 1.29 is 13.2 Å². The van der Waals surface area contributed by atoms with E-state index in [4.69, 9.17) is 4.74 Å². The first-order valence-electron chi connectivity index (χ1n) is 7.30. The van der Waals surface area contributed by atoms with E-state index < -0.39 is 10.0 Å². The molecule has 1 aromatic carbocycles. The maximum absolute atomic E-state index is 12.8. The Kier molecular flexibility index (Phi) is 2.75. The SMILES string of the molecule is Cc1ccc(S(=O)(=O)N2CCC3CC4CC3C2O4)cc1. The van der Waals surface area contributed by atoms with E-state index in [1.807, 2.05) is 19.1 Å². The number of piperidine rings is 1. The molecule has 0 aromatic heterocycles. The lowest BCUT2D eigenvalue weighted by Gasteiger charge is -2.41. The van der Waals surface area contributed by atoms with Crippen molar-refractivity contribution in [2.24, 2.45) is 11.8 Å². The van der Waals surface area contributed by atoms with E-state index in [0.717, 1.165) is 24.8 Å². The predicted molar refractivity (Wildman–Crippen MR) is 74.6 cm³/mol. The van der Waals surface area contributed by atoms with Gasteiger partial charge in [-0.15, -0.1) is 0 Å². The van der Waals surface area contributed by atoms with Gasteiger partial charge in [0.25, 0.3) is 0 Å². The number of benzene rings is 1. The van der Waals surface area contributed by atoms with E-state index in [0.29, 0.717) is 23.3 Å². The average Bonchev–Trinajstić information content (AvgIpc) is 2.99. The molecule has 2 aliphatic heterocycles. The van der Waals surface area contributed by atoms with Crippen molar-refractivity contribution in [3.8, 4) is 0 Å². The molecule has 20 heavy (non-hydrogen) atoms. The maximum Gasteiger partial charge on any atom is 0.245 e. The lowest BCUT2D eigenvalue weighted by Crippen LogP contribution is -2.51. The zero-order chi connectivity index (χ0) is 13.9. The number of nitrogens with zero attached hydrogens (tertiary/aromatic N) is 1. The number of hydrogen-bond donors (Lipinski definition) is 0. The highest BCUT2D eigenvalue weighted by atomic mass is 32.2. The molecule has 2 saturated heterocycles. The zero-order valence-electron chi connectivity index (χ0n) is 11.5. The molecule has 1 saturated carbocycles. The molecule has 0 N–H and O–H groups in total. The first kappa shape index (κ1) is 12.8. The fourth-order valence-electron chi connectivity index (χ4n) is 4.00. The second-order valence-corrected chi connectivity index (χ2v) is 8.15. The minimum Gasteiger partial charge on any atom is -0.359 e. The Morgan fingerprint density at radius 3 is 2.65 bits per heavy atom. The van der Waals surface area contributed by atoms with Gasteiger partial charge in [-0.3, -0.25) is 0 Å². The van der Waals surface area contributed by atoms with Gasteiger partial charge in [0, 0.05) is 12.5 Å². The minimum atomic E-state index is -3.43. The third-order valence-corrected chi connectivity index (χ3v) is 6.91. The van der Waals surface area contributed by atoms with Gasteiger partial charge in [-0.05, 0) is 44.2 Å². The molecule has 4 atom stereocenters. The van der Waals surface area contributed by atoms with Gasteiger partial charge in [0.15, 0.2) is 0 Å². The number of hydrogen-bond acceptors (Lipinski definition) is 3. The number of sulfonamides is 1. The molecule has 1 aliphatic carbocycles. The second kappa shape index (κ2) is 4.29. The van der Waals surface area contributed by atoms with Gasteiger partial charge in [-0.1, -0.05) is 17.7 Å². The van der Waals surface area contributed by atoms with Crippen LogP contribution in [0.15, 0.2) is 29.2 Å². The van der Waals surface area contributed by atoms with E-state index in [9.17, 15) is 8.42 Å². The van der Waals surface area contributed by atoms with Crippen LogP contribution in [0, 0.1) is 18.8 Å². The summed E-state index contributed by atoms with van der Waals surface area (Å²) in [5.74, 6) is 1.08. The normalized spacial score (nSPS) is 36.5. The lowest BCUT2D eigenvalue weighted by atomic mass is 9.88. The van der Waals surface area contributed by atoms with Gasteiger partial charge in [0.05, 0.1) is 11.0 Å². The second-order valence-electron chi connectivity index (χ2n) is 6.26. The quantitative estimate of drug-likeness (QED) is 0.839. The summed E-state index contributed by atoms with van der Waals surface area (Å²) in [5.41, 5.74) is 1.07. The van der Waals surface area contributed by atoms with Crippen LogP contribution >= 0.6 is 0 Å². The molecule has 3 aliphatic rings. The predicted octanol–water partition coefficient (Wildman–Crippen LogP) is 2.14. The average molecular weight is 293 g/mol. The molecule has 5 heteroatoms. The van der Waals surface area contributed by atoms with E-state index >= 15 is 0 Å². The molecule has 4 rings (SSSR count). The van der Waals surface area contributed by atoms with Crippen molar-refractivity contribution in [1.82, 2.24) is 4.31 Å². The van der Waals surface area contributed by atoms with Crippen molar-refractivity contribution in [2.75, 3.05) is 6.54 Å². The van der Waals surface area contributed by atoms with E-state index in [1.54, 1.807) is 16.4 Å². The van der Waals surface area contributed by atoms with Gasteiger partial charge in [-0.2, -0.15) is 4.31 Å². The fourth-order valence-corrected chi connectivity index (χ4v) is 5.58. The summed E-state index contributed by atoms with van der Waals surface area (Å²) >= 11 is 0. The third kappa shape index (κ3) is 1.76. The molecule has 0 spiro atoms. The lowest BCUT2D eigenvalue weighted by molar-refractivity contribution is -0.1000. The molecule has 2 bridgehead atoms. The first-order valence-corrected chi connectivity index (χ1v) is 8.74. The highest BCUT2D eigenvalue weighted by Gasteiger charge is 2.54. The standard InChI is InChI=1S/C15H19NO3S/c1-10-2-4-13(5-3-10)20(17,18)16-7-6-11-8-12-9-14(11)15(16)19-12/h2-5,11-12,14-15H,6-9H2,1H3. The Hall–Kier alpha value is -0.910. The van der Waals surface area contributed by atoms with Crippen LogP contribution in [0.1, 0.15) is 24.8 Å². The number of ether oxygens (including phenoxy) is 1. The fraction of sp³-hybridized carbons (Fsp3) is 0.600. The summed E-state index contributed by atoms with van der Waals surface area (Å²) in [4.78, 5) is 0.382. The Balaban J connectivity index is 1.68. The minimum absolute atomic E-state index is 0.223. The van der Waals surface area contributed by atoms with E-state index in [-0.39, 0.29) is 12.3 Å². The zero-order valence-corrected chi connectivity index (χ0v) is 12.3. The summed E-state index contributed by atoms with van der Waals surface area (Å²) < 4.78 is 33.1. The summed E-state index contributed by atoms with van der Waals surface area (Å²) in [6.45, 7) is 2.55. The van der Waals surface area contributed by atoms with Crippen LogP contribution in [0.5, 0.6) is 0 Å². The topological polar surface area (TPSA) is 46.6 Å². The number of aryl methyl sites for hydroxylation is 1. The summed E-state index contributed by atoms with van der Waals surface area (Å²) in [6, 6.07) is 7.09. The Labute approximate surface area is 119 Å². The van der Waals surface area contributed by atoms with Gasteiger partial charge >= 0.3 is 0 Å².